The SMILES string of the molecule is O=C([O-])C(Cc1ccccc1)N1C(=O)/C(=C\c2ccc(-c3ccc(Cl)c(Cl)c3)o2)NC1=S.[Na+]. The Bertz CT molecular complexity index is 1250. The second kappa shape index (κ2) is 10.9. The van der Waals surface area contributed by atoms with Gasteiger partial charge in [-0.2, -0.15) is 0 Å². The number of carbonyl (C=O) groups excluding carboxylic acids is 2. The van der Waals surface area contributed by atoms with E-state index in [0.29, 0.717) is 27.1 Å². The zero-order chi connectivity index (χ0) is 22.8. The largest absolute Gasteiger partial charge is 1.00 e. The molecule has 1 unspecified atom stereocenters. The van der Waals surface area contributed by atoms with Crippen LogP contribution in [0.3, 0.4) is 0 Å². The molecule has 0 spiro atoms. The first kappa shape index (κ1) is 25.5. The summed E-state index contributed by atoms with van der Waals surface area (Å²) in [6, 6.07) is 16.2. The number of rotatable bonds is 6. The van der Waals surface area contributed by atoms with E-state index >= 15 is 0 Å². The van der Waals surface area contributed by atoms with E-state index in [9.17, 15) is 14.7 Å². The number of nitrogens with one attached hydrogen (secondary N) is 1. The Labute approximate surface area is 227 Å². The van der Waals surface area contributed by atoms with Gasteiger partial charge in [0.2, 0.25) is 0 Å². The van der Waals surface area contributed by atoms with Crippen LogP contribution in [0.2, 0.25) is 10.0 Å². The number of benzene rings is 2. The summed E-state index contributed by atoms with van der Waals surface area (Å²) in [6.45, 7) is 0. The molecule has 1 saturated heterocycles. The van der Waals surface area contributed by atoms with Crippen molar-refractivity contribution in [2.45, 2.75) is 12.5 Å². The molecule has 162 valence electrons. The predicted octanol–water partition coefficient (Wildman–Crippen LogP) is 0.676. The summed E-state index contributed by atoms with van der Waals surface area (Å²) in [5, 5.41) is 15.4. The van der Waals surface area contributed by atoms with Crippen molar-refractivity contribution >= 4 is 58.5 Å². The van der Waals surface area contributed by atoms with Crippen LogP contribution < -0.4 is 40.0 Å². The van der Waals surface area contributed by atoms with Gasteiger partial charge in [-0.15, -0.1) is 0 Å². The molecule has 0 bridgehead atoms. The molecule has 1 amide bonds. The van der Waals surface area contributed by atoms with Gasteiger partial charge in [0.1, 0.15) is 17.2 Å². The van der Waals surface area contributed by atoms with Crippen LogP contribution in [-0.4, -0.2) is 27.9 Å². The molecule has 0 radical (unpaired) electrons. The summed E-state index contributed by atoms with van der Waals surface area (Å²) in [5.41, 5.74) is 1.56. The molecular formula is C23H15Cl2N2NaO4S. The summed E-state index contributed by atoms with van der Waals surface area (Å²) < 4.78 is 5.79. The van der Waals surface area contributed by atoms with Gasteiger partial charge in [0, 0.05) is 11.6 Å². The van der Waals surface area contributed by atoms with Gasteiger partial charge in [0.25, 0.3) is 5.91 Å². The molecule has 1 N–H and O–H groups in total. The Morgan fingerprint density at radius 1 is 1.12 bits per heavy atom. The molecule has 4 rings (SSSR count). The normalized spacial score (nSPS) is 15.3. The summed E-state index contributed by atoms with van der Waals surface area (Å²) in [6.07, 6.45) is 1.52. The monoisotopic (exact) mass is 508 g/mol. The van der Waals surface area contributed by atoms with Crippen LogP contribution >= 0.6 is 35.4 Å². The van der Waals surface area contributed by atoms with Gasteiger partial charge in [-0.3, -0.25) is 9.69 Å². The Morgan fingerprint density at radius 3 is 2.52 bits per heavy atom. The van der Waals surface area contributed by atoms with E-state index in [0.717, 1.165) is 10.5 Å². The van der Waals surface area contributed by atoms with Crippen molar-refractivity contribution in [1.29, 1.82) is 0 Å². The number of halogens is 2. The molecule has 1 aliphatic rings. The summed E-state index contributed by atoms with van der Waals surface area (Å²) in [7, 11) is 0. The zero-order valence-corrected chi connectivity index (χ0v) is 21.7. The van der Waals surface area contributed by atoms with E-state index in [-0.39, 0.29) is 46.8 Å². The summed E-state index contributed by atoms with van der Waals surface area (Å²) >= 11 is 17.2. The fraction of sp³-hybridized carbons (Fsp3) is 0.0870. The fourth-order valence-corrected chi connectivity index (χ4v) is 3.94. The second-order valence-corrected chi connectivity index (χ2v) is 8.22. The maximum Gasteiger partial charge on any atom is 1.00 e. The Balaban J connectivity index is 0.00000306. The predicted molar refractivity (Wildman–Crippen MR) is 124 cm³/mol. The quantitative estimate of drug-likeness (QED) is 0.299. The van der Waals surface area contributed by atoms with Crippen molar-refractivity contribution in [3.8, 4) is 11.3 Å². The Kier molecular flexibility index (Phi) is 8.39. The molecule has 3 aromatic rings. The van der Waals surface area contributed by atoms with E-state index in [1.807, 2.05) is 6.07 Å². The van der Waals surface area contributed by atoms with Gasteiger partial charge in [-0.25, -0.2) is 0 Å². The van der Waals surface area contributed by atoms with Crippen molar-refractivity contribution in [3.05, 3.63) is 87.7 Å². The molecule has 1 atom stereocenters. The van der Waals surface area contributed by atoms with E-state index in [2.05, 4.69) is 5.32 Å². The molecule has 1 fully saturated rings. The first-order valence-corrected chi connectivity index (χ1v) is 10.7. The van der Waals surface area contributed by atoms with Crippen LogP contribution in [0.5, 0.6) is 0 Å². The minimum absolute atomic E-state index is 0. The van der Waals surface area contributed by atoms with Crippen LogP contribution in [0.25, 0.3) is 17.4 Å². The van der Waals surface area contributed by atoms with E-state index < -0.39 is 17.9 Å². The van der Waals surface area contributed by atoms with Gasteiger partial charge in [0.15, 0.2) is 5.11 Å². The molecule has 33 heavy (non-hydrogen) atoms. The number of furan rings is 1. The number of amides is 1. The molecule has 2 aromatic carbocycles. The number of carboxylic acids is 1. The van der Waals surface area contributed by atoms with E-state index in [1.165, 1.54) is 6.08 Å². The van der Waals surface area contributed by atoms with Crippen molar-refractivity contribution in [1.82, 2.24) is 10.2 Å². The summed E-state index contributed by atoms with van der Waals surface area (Å²) in [4.78, 5) is 25.8. The third-order valence-electron chi connectivity index (χ3n) is 4.88. The molecule has 0 aliphatic carbocycles. The molecular weight excluding hydrogens is 494 g/mol. The van der Waals surface area contributed by atoms with Gasteiger partial charge in [-0.05, 0) is 54.5 Å². The maximum atomic E-state index is 13.0. The van der Waals surface area contributed by atoms with Crippen molar-refractivity contribution in [3.63, 3.8) is 0 Å². The van der Waals surface area contributed by atoms with E-state index in [4.69, 9.17) is 39.8 Å². The second-order valence-electron chi connectivity index (χ2n) is 7.02. The zero-order valence-electron chi connectivity index (χ0n) is 17.4. The molecule has 10 heteroatoms. The number of thiocarbonyl (C=S) groups is 1. The number of hydrogen-bond donors (Lipinski definition) is 1. The number of nitrogens with zero attached hydrogens (tertiary/aromatic N) is 1. The van der Waals surface area contributed by atoms with Crippen molar-refractivity contribution in [2.75, 3.05) is 0 Å². The van der Waals surface area contributed by atoms with Gasteiger partial charge in [-0.1, -0.05) is 53.5 Å². The number of carboxylic acid groups (broad SMARTS) is 1. The molecule has 0 saturated carbocycles. The molecule has 2 heterocycles. The molecule has 6 nitrogen and oxygen atoms in total. The number of aliphatic carboxylic acids is 1. The third kappa shape index (κ3) is 5.69. The van der Waals surface area contributed by atoms with Gasteiger partial charge in [0.05, 0.1) is 22.1 Å². The minimum atomic E-state index is -1.40. The fourth-order valence-electron chi connectivity index (χ4n) is 3.33. The van der Waals surface area contributed by atoms with Crippen LogP contribution in [0.4, 0.5) is 0 Å². The molecule has 1 aromatic heterocycles. The average Bonchev–Trinajstić information content (AvgIpc) is 3.34. The van der Waals surface area contributed by atoms with Crippen LogP contribution in [0.1, 0.15) is 11.3 Å². The standard InChI is InChI=1S/C23H16Cl2N2O4S.Na/c24-16-8-6-14(11-17(16)25)20-9-7-15(31-20)12-18-21(28)27(23(32)26-18)19(22(29)30)10-13-4-2-1-3-5-13;/h1-9,11-12,19H,10H2,(H,26,32)(H,29,30);/q;+1/p-1/b18-12+;. The van der Waals surface area contributed by atoms with Crippen LogP contribution in [0.15, 0.2) is 70.8 Å². The van der Waals surface area contributed by atoms with Crippen LogP contribution in [-0.2, 0) is 16.0 Å². The first-order valence-electron chi connectivity index (χ1n) is 9.50. The maximum absolute atomic E-state index is 13.0. The van der Waals surface area contributed by atoms with Crippen LogP contribution in [0, 0.1) is 0 Å². The average molecular weight is 509 g/mol. The summed E-state index contributed by atoms with van der Waals surface area (Å²) in [5.74, 6) is -1.07. The topological polar surface area (TPSA) is 85.6 Å². The van der Waals surface area contributed by atoms with Gasteiger partial charge >= 0.3 is 29.6 Å². The molecule has 1 aliphatic heterocycles. The van der Waals surface area contributed by atoms with Crippen molar-refractivity contribution < 1.29 is 48.7 Å². The third-order valence-corrected chi connectivity index (χ3v) is 5.92. The Morgan fingerprint density at radius 2 is 1.85 bits per heavy atom. The van der Waals surface area contributed by atoms with Gasteiger partial charge < -0.3 is 19.6 Å². The number of carbonyl (C=O) groups is 2. The van der Waals surface area contributed by atoms with E-state index in [1.54, 1.807) is 54.6 Å². The first-order chi connectivity index (χ1) is 15.3. The Hall–Kier alpha value is -2.13. The number of hydrogen-bond acceptors (Lipinski definition) is 5. The van der Waals surface area contributed by atoms with Crippen molar-refractivity contribution in [2.24, 2.45) is 0 Å². The minimum Gasteiger partial charge on any atom is -0.548 e. The smallest absolute Gasteiger partial charge is 0.548 e.